The summed E-state index contributed by atoms with van der Waals surface area (Å²) in [5, 5.41) is 2.77. The average Bonchev–Trinajstić information content (AvgIpc) is 2.73. The second-order valence-electron chi connectivity index (χ2n) is 6.52. The molecule has 1 N–H and O–H groups in total. The van der Waals surface area contributed by atoms with Crippen LogP contribution in [0.15, 0.2) is 36.4 Å². The van der Waals surface area contributed by atoms with Gasteiger partial charge in [-0.1, -0.05) is 6.07 Å². The molecule has 0 spiro atoms. The van der Waals surface area contributed by atoms with E-state index in [2.05, 4.69) is 15.2 Å². The van der Waals surface area contributed by atoms with Crippen LogP contribution in [0, 0.1) is 0 Å². The number of likely N-dealkylation sites (N-methyl/N-ethyl adjacent to an activating group) is 1. The lowest BCUT2D eigenvalue weighted by Gasteiger charge is -2.32. The van der Waals surface area contributed by atoms with Crippen LogP contribution in [0.1, 0.15) is 21.0 Å². The summed E-state index contributed by atoms with van der Waals surface area (Å²) in [7, 11) is 5.09. The van der Waals surface area contributed by atoms with Gasteiger partial charge >= 0.3 is 0 Å². The summed E-state index contributed by atoms with van der Waals surface area (Å²) in [6.45, 7) is 2.94. The van der Waals surface area contributed by atoms with Crippen molar-refractivity contribution in [2.45, 2.75) is 0 Å². The van der Waals surface area contributed by atoms with E-state index in [0.717, 1.165) is 13.1 Å². The molecule has 0 saturated carbocycles. The molecule has 1 aliphatic heterocycles. The van der Waals surface area contributed by atoms with Crippen LogP contribution in [0.25, 0.3) is 0 Å². The Bertz CT molecular complexity index is 863. The molecule has 0 aliphatic carbocycles. The highest BCUT2D eigenvalue weighted by Crippen LogP contribution is 2.29. The van der Waals surface area contributed by atoms with Gasteiger partial charge in [0.25, 0.3) is 11.8 Å². The number of nitrogens with zero attached hydrogens (tertiary/aromatic N) is 3. The van der Waals surface area contributed by atoms with Crippen LogP contribution in [0.2, 0.25) is 0 Å². The van der Waals surface area contributed by atoms with Crippen LogP contribution >= 0.6 is 0 Å². The molecule has 1 fully saturated rings. The van der Waals surface area contributed by atoms with Gasteiger partial charge in [0.15, 0.2) is 0 Å². The van der Waals surface area contributed by atoms with Crippen LogP contribution in [0.3, 0.4) is 0 Å². The Labute approximate surface area is 164 Å². The van der Waals surface area contributed by atoms with Crippen molar-refractivity contribution in [1.29, 1.82) is 0 Å². The maximum absolute atomic E-state index is 12.7. The smallest absolute Gasteiger partial charge is 0.274 e. The molecule has 0 radical (unpaired) electrons. The molecular formula is C20H24N4O4. The number of hydrogen-bond acceptors (Lipinski definition) is 6. The number of piperazine rings is 1. The number of nitrogens with one attached hydrogen (secondary N) is 1. The molecule has 8 nitrogen and oxygen atoms in total. The number of pyridine rings is 1. The molecule has 1 aromatic heterocycles. The van der Waals surface area contributed by atoms with Crippen molar-refractivity contribution in [2.24, 2.45) is 0 Å². The molecule has 0 unspecified atom stereocenters. The van der Waals surface area contributed by atoms with Gasteiger partial charge in [-0.15, -0.1) is 0 Å². The highest BCUT2D eigenvalue weighted by molar-refractivity contribution is 6.04. The molecule has 1 aromatic carbocycles. The third kappa shape index (κ3) is 4.40. The summed E-state index contributed by atoms with van der Waals surface area (Å²) in [6, 6.07) is 9.97. The minimum Gasteiger partial charge on any atom is -0.497 e. The van der Waals surface area contributed by atoms with E-state index in [1.165, 1.54) is 7.11 Å². The summed E-state index contributed by atoms with van der Waals surface area (Å²) in [4.78, 5) is 33.6. The highest BCUT2D eigenvalue weighted by atomic mass is 16.5. The van der Waals surface area contributed by atoms with E-state index in [9.17, 15) is 9.59 Å². The van der Waals surface area contributed by atoms with E-state index in [1.54, 1.807) is 48.4 Å². The average molecular weight is 384 g/mol. The molecule has 0 bridgehead atoms. The minimum absolute atomic E-state index is 0.157. The van der Waals surface area contributed by atoms with E-state index in [0.29, 0.717) is 30.3 Å². The molecular weight excluding hydrogens is 360 g/mol. The second-order valence-corrected chi connectivity index (χ2v) is 6.52. The molecule has 2 heterocycles. The van der Waals surface area contributed by atoms with Crippen LogP contribution in [-0.4, -0.2) is 74.0 Å². The Morgan fingerprint density at radius 2 is 1.71 bits per heavy atom. The van der Waals surface area contributed by atoms with Crippen LogP contribution < -0.4 is 14.8 Å². The quantitative estimate of drug-likeness (QED) is 0.845. The first kappa shape index (κ1) is 19.6. The molecule has 2 aromatic rings. The van der Waals surface area contributed by atoms with Crippen LogP contribution in [-0.2, 0) is 0 Å². The molecule has 2 amide bonds. The fourth-order valence-corrected chi connectivity index (χ4v) is 2.95. The standard InChI is InChI=1S/C20H24N4O4/c1-23-9-11-24(12-10-23)20(26)16-6-4-5-15(21-16)19(25)22-17-13-14(27-2)7-8-18(17)28-3/h4-8,13H,9-12H2,1-3H3,(H,22,25). The Morgan fingerprint density at radius 1 is 1.00 bits per heavy atom. The maximum atomic E-state index is 12.7. The van der Waals surface area contributed by atoms with E-state index in [-0.39, 0.29) is 17.3 Å². The zero-order chi connectivity index (χ0) is 20.1. The fraction of sp³-hybridized carbons (Fsp3) is 0.350. The lowest BCUT2D eigenvalue weighted by Crippen LogP contribution is -2.47. The second kappa shape index (κ2) is 8.71. The Morgan fingerprint density at radius 3 is 2.39 bits per heavy atom. The third-order valence-electron chi connectivity index (χ3n) is 4.65. The molecule has 0 atom stereocenters. The SMILES string of the molecule is COc1ccc(OC)c(NC(=O)c2cccc(C(=O)N3CCN(C)CC3)n2)c1. The number of amides is 2. The zero-order valence-corrected chi connectivity index (χ0v) is 16.3. The Hall–Kier alpha value is -3.13. The van der Waals surface area contributed by atoms with E-state index in [1.807, 2.05) is 7.05 Å². The maximum Gasteiger partial charge on any atom is 0.274 e. The van der Waals surface area contributed by atoms with Crippen LogP contribution in [0.4, 0.5) is 5.69 Å². The summed E-state index contributed by atoms with van der Waals surface area (Å²) in [5.41, 5.74) is 0.879. The van der Waals surface area contributed by atoms with Crippen molar-refractivity contribution in [1.82, 2.24) is 14.8 Å². The molecule has 1 aliphatic rings. The van der Waals surface area contributed by atoms with Crippen molar-refractivity contribution < 1.29 is 19.1 Å². The number of hydrogen-bond donors (Lipinski definition) is 1. The Balaban J connectivity index is 1.76. The molecule has 8 heteroatoms. The van der Waals surface area contributed by atoms with E-state index in [4.69, 9.17) is 9.47 Å². The van der Waals surface area contributed by atoms with Gasteiger partial charge in [-0.2, -0.15) is 0 Å². The van der Waals surface area contributed by atoms with Gasteiger partial charge in [0.05, 0.1) is 19.9 Å². The predicted molar refractivity (Wildman–Crippen MR) is 105 cm³/mol. The number of benzene rings is 1. The van der Waals surface area contributed by atoms with Gasteiger partial charge in [0.1, 0.15) is 22.9 Å². The number of rotatable bonds is 5. The molecule has 3 rings (SSSR count). The summed E-state index contributed by atoms with van der Waals surface area (Å²) in [6.07, 6.45) is 0. The van der Waals surface area contributed by atoms with Crippen molar-refractivity contribution in [3.63, 3.8) is 0 Å². The normalized spacial score (nSPS) is 14.5. The summed E-state index contributed by atoms with van der Waals surface area (Å²) in [5.74, 6) is 0.489. The van der Waals surface area contributed by atoms with Crippen molar-refractivity contribution >= 4 is 17.5 Å². The molecule has 1 saturated heterocycles. The first-order valence-electron chi connectivity index (χ1n) is 9.00. The predicted octanol–water partition coefficient (Wildman–Crippen LogP) is 1.74. The first-order chi connectivity index (χ1) is 13.5. The number of ether oxygens (including phenoxy) is 2. The van der Waals surface area contributed by atoms with Gasteiger partial charge in [-0.3, -0.25) is 9.59 Å². The number of anilines is 1. The van der Waals surface area contributed by atoms with E-state index >= 15 is 0 Å². The largest absolute Gasteiger partial charge is 0.497 e. The lowest BCUT2D eigenvalue weighted by molar-refractivity contribution is 0.0658. The molecule has 28 heavy (non-hydrogen) atoms. The van der Waals surface area contributed by atoms with Gasteiger partial charge in [0, 0.05) is 32.2 Å². The zero-order valence-electron chi connectivity index (χ0n) is 16.3. The van der Waals surface area contributed by atoms with Gasteiger partial charge in [-0.25, -0.2) is 4.98 Å². The number of carbonyl (C=O) groups is 2. The first-order valence-corrected chi connectivity index (χ1v) is 9.00. The van der Waals surface area contributed by atoms with Crippen LogP contribution in [0.5, 0.6) is 11.5 Å². The summed E-state index contributed by atoms with van der Waals surface area (Å²) < 4.78 is 10.5. The lowest BCUT2D eigenvalue weighted by atomic mass is 10.2. The Kier molecular flexibility index (Phi) is 6.10. The molecule has 148 valence electrons. The number of methoxy groups -OCH3 is 2. The van der Waals surface area contributed by atoms with Gasteiger partial charge < -0.3 is 24.6 Å². The monoisotopic (exact) mass is 384 g/mol. The summed E-state index contributed by atoms with van der Waals surface area (Å²) >= 11 is 0. The minimum atomic E-state index is -0.431. The van der Waals surface area contributed by atoms with Crippen molar-refractivity contribution in [2.75, 3.05) is 52.8 Å². The topological polar surface area (TPSA) is 84.0 Å². The van der Waals surface area contributed by atoms with Gasteiger partial charge in [-0.05, 0) is 31.3 Å². The number of carbonyl (C=O) groups excluding carboxylic acids is 2. The van der Waals surface area contributed by atoms with Crippen molar-refractivity contribution in [3.8, 4) is 11.5 Å². The van der Waals surface area contributed by atoms with E-state index < -0.39 is 5.91 Å². The van der Waals surface area contributed by atoms with Crippen molar-refractivity contribution in [3.05, 3.63) is 47.8 Å². The highest BCUT2D eigenvalue weighted by Gasteiger charge is 2.22. The number of aromatic nitrogens is 1. The van der Waals surface area contributed by atoms with Gasteiger partial charge in [0.2, 0.25) is 0 Å². The third-order valence-corrected chi connectivity index (χ3v) is 4.65. The fourth-order valence-electron chi connectivity index (χ4n) is 2.95.